The molecule has 4 atom stereocenters. The molecule has 3 aromatic rings. The Labute approximate surface area is 265 Å². The van der Waals surface area contributed by atoms with Crippen molar-refractivity contribution in [2.75, 3.05) is 7.11 Å². The van der Waals surface area contributed by atoms with Crippen LogP contribution in [0.2, 0.25) is 10.0 Å². The van der Waals surface area contributed by atoms with Gasteiger partial charge in [0.25, 0.3) is 11.5 Å². The average molecular weight is 645 g/mol. The van der Waals surface area contributed by atoms with Crippen LogP contribution in [0, 0.1) is 0 Å². The summed E-state index contributed by atoms with van der Waals surface area (Å²) < 4.78 is 10.0. The van der Waals surface area contributed by atoms with Crippen molar-refractivity contribution in [3.8, 4) is 0 Å². The van der Waals surface area contributed by atoms with Crippen LogP contribution in [-0.2, 0) is 15.5 Å². The molecule has 43 heavy (non-hydrogen) atoms. The fourth-order valence-electron chi connectivity index (χ4n) is 6.18. The molecule has 1 saturated carbocycles. The van der Waals surface area contributed by atoms with Crippen molar-refractivity contribution in [3.63, 3.8) is 0 Å². The Hall–Kier alpha value is -2.89. The Morgan fingerprint density at radius 2 is 1.84 bits per heavy atom. The molecule has 0 bridgehead atoms. The fourth-order valence-corrected chi connectivity index (χ4v) is 7.19. The van der Waals surface area contributed by atoms with Crippen LogP contribution in [0.4, 0.5) is 0 Å². The molecule has 1 aromatic heterocycles. The lowest BCUT2D eigenvalue weighted by molar-refractivity contribution is -0.124. The maximum Gasteiger partial charge on any atom is 0.266 e. The van der Waals surface area contributed by atoms with Gasteiger partial charge in [0.05, 0.1) is 49.6 Å². The lowest BCUT2D eigenvalue weighted by Gasteiger charge is -2.49. The molecule has 2 N–H and O–H groups in total. The van der Waals surface area contributed by atoms with Crippen LogP contribution in [0.5, 0.6) is 0 Å². The van der Waals surface area contributed by atoms with Gasteiger partial charge in [-0.1, -0.05) is 60.3 Å². The van der Waals surface area contributed by atoms with Crippen LogP contribution >= 0.6 is 35.4 Å². The van der Waals surface area contributed by atoms with Crippen molar-refractivity contribution < 1.29 is 13.8 Å². The summed E-state index contributed by atoms with van der Waals surface area (Å²) in [6.07, 6.45) is 3.56. The Morgan fingerprint density at radius 3 is 2.58 bits per heavy atom. The number of nitrogens with zero attached hydrogens (tertiary/aromatic N) is 3. The number of carbonyl (C=O) groups is 2. The number of hydrogen-bond donors (Lipinski definition) is 2. The molecule has 228 valence electrons. The molecule has 1 fully saturated rings. The van der Waals surface area contributed by atoms with E-state index in [4.69, 9.17) is 27.4 Å². The van der Waals surface area contributed by atoms with Gasteiger partial charge in [-0.25, -0.2) is 9.40 Å². The molecule has 9 nitrogen and oxygen atoms in total. The molecule has 12 heteroatoms. The van der Waals surface area contributed by atoms with Crippen LogP contribution in [0.15, 0.2) is 59.4 Å². The number of benzene rings is 2. The van der Waals surface area contributed by atoms with Crippen molar-refractivity contribution in [2.45, 2.75) is 76.2 Å². The molecule has 0 spiro atoms. The van der Waals surface area contributed by atoms with E-state index >= 15 is 0 Å². The third kappa shape index (κ3) is 6.63. The Balaban J connectivity index is 1.60. The topological polar surface area (TPSA) is 106 Å². The minimum absolute atomic E-state index is 0.0634. The maximum absolute atomic E-state index is 14.4. The predicted octanol–water partition coefficient (Wildman–Crippen LogP) is 5.84. The van der Waals surface area contributed by atoms with E-state index in [2.05, 4.69) is 15.1 Å². The van der Waals surface area contributed by atoms with Gasteiger partial charge in [-0.2, -0.15) is 5.10 Å². The molecule has 2 aromatic carbocycles. The first kappa shape index (κ1) is 31.5. The van der Waals surface area contributed by atoms with Crippen molar-refractivity contribution in [1.29, 1.82) is 0 Å². The van der Waals surface area contributed by atoms with E-state index in [-0.39, 0.29) is 42.0 Å². The fraction of sp³-hybridized carbons (Fsp3) is 0.419. The summed E-state index contributed by atoms with van der Waals surface area (Å²) in [5, 5.41) is 8.33. The lowest BCUT2D eigenvalue weighted by atomic mass is 9.76. The standard InChI is InChI=1S/C31H35Cl2N5O4S/c1-18(2)38-27(39)15-13-20(35-38)17-34-30(40)28-21-8-4-5-9-22(21)31(41)37(26-11-7-6-10-25(26)36-43-42-3)29(28)23-14-12-19(32)16-24(23)33/h4-5,8-9,12-16,18,25-26,28-29,36H,6-7,10-11,17H2,1-3H3,(H,34,40)/t25-,26?,28+,29-/m0/s1. The van der Waals surface area contributed by atoms with Gasteiger partial charge >= 0.3 is 0 Å². The zero-order valence-electron chi connectivity index (χ0n) is 24.3. The van der Waals surface area contributed by atoms with Gasteiger partial charge in [-0.3, -0.25) is 14.4 Å². The highest BCUT2D eigenvalue weighted by atomic mass is 35.5. The lowest BCUT2D eigenvalue weighted by Crippen LogP contribution is -2.57. The van der Waals surface area contributed by atoms with E-state index < -0.39 is 12.0 Å². The van der Waals surface area contributed by atoms with Gasteiger partial charge in [0.15, 0.2) is 0 Å². The van der Waals surface area contributed by atoms with Crippen molar-refractivity contribution in [3.05, 3.63) is 97.4 Å². The van der Waals surface area contributed by atoms with Gasteiger partial charge in [0.1, 0.15) is 0 Å². The van der Waals surface area contributed by atoms with Crippen LogP contribution in [-0.4, -0.2) is 45.7 Å². The molecule has 2 heterocycles. The summed E-state index contributed by atoms with van der Waals surface area (Å²) in [6.45, 7) is 3.86. The van der Waals surface area contributed by atoms with Gasteiger partial charge in [-0.15, -0.1) is 0 Å². The zero-order valence-corrected chi connectivity index (χ0v) is 26.6. The first-order valence-corrected chi connectivity index (χ1v) is 15.9. The van der Waals surface area contributed by atoms with E-state index in [1.165, 1.54) is 10.7 Å². The monoisotopic (exact) mass is 643 g/mol. The molecule has 0 saturated heterocycles. The number of hydrogen-bond acceptors (Lipinski definition) is 7. The number of halogens is 2. The molecule has 2 amide bonds. The van der Waals surface area contributed by atoms with E-state index in [1.54, 1.807) is 37.4 Å². The quantitative estimate of drug-likeness (QED) is 0.223. The summed E-state index contributed by atoms with van der Waals surface area (Å²) in [5.74, 6) is -1.21. The van der Waals surface area contributed by atoms with Crippen LogP contribution in [0.3, 0.4) is 0 Å². The van der Waals surface area contributed by atoms with E-state index in [1.807, 2.05) is 36.9 Å². The number of fused-ring (bicyclic) bond motifs is 1. The number of rotatable bonds is 9. The number of aromatic nitrogens is 2. The minimum Gasteiger partial charge on any atom is -0.350 e. The van der Waals surface area contributed by atoms with Crippen molar-refractivity contribution >= 4 is 47.2 Å². The Bertz CT molecular complexity index is 1550. The van der Waals surface area contributed by atoms with Crippen LogP contribution < -0.4 is 15.6 Å². The zero-order chi connectivity index (χ0) is 30.7. The molecule has 1 aliphatic carbocycles. The van der Waals surface area contributed by atoms with Crippen LogP contribution in [0.25, 0.3) is 0 Å². The normalized spacial score (nSPS) is 22.0. The molecular formula is C31H35Cl2N5O4S. The maximum atomic E-state index is 14.4. The largest absolute Gasteiger partial charge is 0.350 e. The predicted molar refractivity (Wildman–Crippen MR) is 169 cm³/mol. The van der Waals surface area contributed by atoms with Crippen molar-refractivity contribution in [1.82, 2.24) is 24.7 Å². The first-order valence-electron chi connectivity index (χ1n) is 14.4. The highest BCUT2D eigenvalue weighted by molar-refractivity contribution is 7.92. The smallest absolute Gasteiger partial charge is 0.266 e. The second kappa shape index (κ2) is 13.8. The van der Waals surface area contributed by atoms with Gasteiger partial charge in [-0.05, 0) is 62.1 Å². The van der Waals surface area contributed by atoms with E-state index in [0.29, 0.717) is 32.4 Å². The molecule has 0 radical (unpaired) electrons. The highest BCUT2D eigenvalue weighted by Gasteiger charge is 2.49. The SMILES string of the molecule is COSN[C@H]1CCCCC1N1C(=O)c2ccccc2[C@@H](C(=O)NCc2ccc(=O)n(C(C)C)n2)[C@@H]1c1ccc(Cl)cc1Cl. The third-order valence-electron chi connectivity index (χ3n) is 8.12. The summed E-state index contributed by atoms with van der Waals surface area (Å²) in [6, 6.07) is 14.4. The van der Waals surface area contributed by atoms with E-state index in [9.17, 15) is 14.4 Å². The summed E-state index contributed by atoms with van der Waals surface area (Å²) in [7, 11) is 1.59. The third-order valence-corrected chi connectivity index (χ3v) is 9.25. The van der Waals surface area contributed by atoms with Crippen LogP contribution in [0.1, 0.15) is 84.7 Å². The Kier molecular flexibility index (Phi) is 10.1. The van der Waals surface area contributed by atoms with Crippen molar-refractivity contribution in [2.24, 2.45) is 0 Å². The summed E-state index contributed by atoms with van der Waals surface area (Å²) in [5.41, 5.74) is 2.10. The van der Waals surface area contributed by atoms with Gasteiger partial charge < -0.3 is 14.4 Å². The first-order chi connectivity index (χ1) is 20.7. The molecular weight excluding hydrogens is 609 g/mol. The Morgan fingerprint density at radius 1 is 1.07 bits per heavy atom. The minimum atomic E-state index is -0.777. The highest BCUT2D eigenvalue weighted by Crippen LogP contribution is 2.48. The molecule has 2 aliphatic rings. The van der Waals surface area contributed by atoms with Gasteiger partial charge in [0.2, 0.25) is 5.91 Å². The van der Waals surface area contributed by atoms with Gasteiger partial charge in [0, 0.05) is 33.8 Å². The second-order valence-electron chi connectivity index (χ2n) is 11.1. The summed E-state index contributed by atoms with van der Waals surface area (Å²) >= 11 is 14.3. The molecule has 5 rings (SSSR count). The number of amides is 2. The van der Waals surface area contributed by atoms with E-state index in [0.717, 1.165) is 37.9 Å². The average Bonchev–Trinajstić information content (AvgIpc) is 2.99. The number of carbonyl (C=O) groups excluding carboxylic acids is 2. The number of nitrogens with one attached hydrogen (secondary N) is 2. The molecule has 1 unspecified atom stereocenters. The summed E-state index contributed by atoms with van der Waals surface area (Å²) in [4.78, 5) is 42.8. The molecule has 1 aliphatic heterocycles. The second-order valence-corrected chi connectivity index (χ2v) is 12.7.